The topological polar surface area (TPSA) is 94.2 Å². The van der Waals surface area contributed by atoms with Gasteiger partial charge in [0.05, 0.1) is 28.4 Å². The lowest BCUT2D eigenvalue weighted by atomic mass is 9.93. The molecule has 3 aliphatic heterocycles. The van der Waals surface area contributed by atoms with Crippen LogP contribution in [0.2, 0.25) is 0 Å². The van der Waals surface area contributed by atoms with Gasteiger partial charge in [-0.15, -0.1) is 0 Å². The maximum absolute atomic E-state index is 13.8. The monoisotopic (exact) mass is 511 g/mol. The van der Waals surface area contributed by atoms with Crippen molar-refractivity contribution in [1.82, 2.24) is 4.90 Å². The molecular weight excluding hydrogens is 482 g/mol. The molecule has 3 aliphatic rings. The van der Waals surface area contributed by atoms with E-state index in [2.05, 4.69) is 11.8 Å². The minimum absolute atomic E-state index is 0.0678. The van der Waals surface area contributed by atoms with Crippen molar-refractivity contribution in [3.05, 3.63) is 34.4 Å². The van der Waals surface area contributed by atoms with E-state index in [1.807, 2.05) is 12.2 Å². The van der Waals surface area contributed by atoms with Crippen LogP contribution in [0.4, 0.5) is 0 Å². The van der Waals surface area contributed by atoms with Crippen LogP contribution in [0.25, 0.3) is 12.2 Å². The normalized spacial score (nSPS) is 18.5. The lowest BCUT2D eigenvalue weighted by Gasteiger charge is -2.29. The number of ether oxygens (including phenoxy) is 8. The van der Waals surface area contributed by atoms with E-state index in [4.69, 9.17) is 37.9 Å². The fourth-order valence-electron chi connectivity index (χ4n) is 4.71. The zero-order valence-electron chi connectivity index (χ0n) is 21.5. The molecule has 10 heteroatoms. The fraction of sp³-hybridized carbons (Fsp3) is 0.370. The minimum atomic E-state index is -0.0814. The van der Waals surface area contributed by atoms with Crippen molar-refractivity contribution in [2.24, 2.45) is 0 Å². The van der Waals surface area contributed by atoms with E-state index < -0.39 is 0 Å². The summed E-state index contributed by atoms with van der Waals surface area (Å²) in [6, 6.07) is 3.57. The van der Waals surface area contributed by atoms with Crippen LogP contribution >= 0.6 is 0 Å². The Morgan fingerprint density at radius 1 is 0.730 bits per heavy atom. The molecule has 0 spiro atoms. The van der Waals surface area contributed by atoms with Crippen LogP contribution in [-0.4, -0.2) is 72.3 Å². The first-order valence-corrected chi connectivity index (χ1v) is 11.8. The van der Waals surface area contributed by atoms with Crippen molar-refractivity contribution >= 4 is 17.9 Å². The van der Waals surface area contributed by atoms with Crippen molar-refractivity contribution in [2.45, 2.75) is 6.92 Å². The van der Waals surface area contributed by atoms with Gasteiger partial charge < -0.3 is 37.9 Å². The van der Waals surface area contributed by atoms with Crippen LogP contribution in [0.3, 0.4) is 0 Å². The molecule has 196 valence electrons. The van der Waals surface area contributed by atoms with E-state index in [1.54, 1.807) is 40.6 Å². The van der Waals surface area contributed by atoms with E-state index in [1.165, 1.54) is 0 Å². The molecule has 0 saturated carbocycles. The van der Waals surface area contributed by atoms with Crippen molar-refractivity contribution in [2.75, 3.05) is 61.7 Å². The van der Waals surface area contributed by atoms with E-state index in [-0.39, 0.29) is 19.4 Å². The van der Waals surface area contributed by atoms with Crippen molar-refractivity contribution in [3.63, 3.8) is 0 Å². The van der Waals surface area contributed by atoms with Crippen LogP contribution in [0, 0.1) is 0 Å². The number of hydrogen-bond acceptors (Lipinski definition) is 10. The van der Waals surface area contributed by atoms with Gasteiger partial charge in [-0.1, -0.05) is 6.92 Å². The molecule has 3 heterocycles. The molecule has 2 aromatic rings. The number of benzene rings is 2. The molecule has 0 unspecified atom stereocenters. The van der Waals surface area contributed by atoms with E-state index >= 15 is 0 Å². The van der Waals surface area contributed by atoms with E-state index in [0.717, 1.165) is 6.54 Å². The average Bonchev–Trinajstić information content (AvgIpc) is 3.60. The van der Waals surface area contributed by atoms with Gasteiger partial charge in [-0.05, 0) is 30.8 Å². The van der Waals surface area contributed by atoms with Crippen LogP contribution in [-0.2, 0) is 4.79 Å². The first-order chi connectivity index (χ1) is 18.0. The molecule has 0 amide bonds. The molecule has 0 N–H and O–H groups in total. The first kappa shape index (κ1) is 24.6. The predicted octanol–water partition coefficient (Wildman–Crippen LogP) is 3.55. The Morgan fingerprint density at radius 2 is 1.16 bits per heavy atom. The number of rotatable bonds is 7. The number of hydrogen-bond donors (Lipinski definition) is 0. The highest BCUT2D eigenvalue weighted by atomic mass is 16.7. The minimum Gasteiger partial charge on any atom is -0.493 e. The quantitative estimate of drug-likeness (QED) is 0.514. The number of carbonyl (C=O) groups excluding carboxylic acids is 1. The first-order valence-electron chi connectivity index (χ1n) is 11.8. The second-order valence-electron chi connectivity index (χ2n) is 8.50. The number of likely N-dealkylation sites (N-methyl/N-ethyl adjacent to an activating group) is 1. The molecule has 10 nitrogen and oxygen atoms in total. The summed E-state index contributed by atoms with van der Waals surface area (Å²) < 4.78 is 44.6. The number of ketones is 1. The van der Waals surface area contributed by atoms with Gasteiger partial charge in [-0.25, -0.2) is 0 Å². The number of methoxy groups -OCH3 is 4. The molecule has 1 fully saturated rings. The number of piperidine rings is 1. The molecule has 0 aliphatic carbocycles. The molecule has 37 heavy (non-hydrogen) atoms. The Kier molecular flexibility index (Phi) is 6.75. The highest BCUT2D eigenvalue weighted by molar-refractivity contribution is 6.15. The third-order valence-corrected chi connectivity index (χ3v) is 6.51. The van der Waals surface area contributed by atoms with Crippen LogP contribution in [0.1, 0.15) is 18.1 Å². The molecule has 1 saturated heterocycles. The van der Waals surface area contributed by atoms with Gasteiger partial charge in [0.2, 0.25) is 36.6 Å². The van der Waals surface area contributed by atoms with E-state index in [0.29, 0.717) is 81.4 Å². The van der Waals surface area contributed by atoms with Gasteiger partial charge in [-0.3, -0.25) is 9.69 Å². The summed E-state index contributed by atoms with van der Waals surface area (Å²) in [5.74, 6) is 3.76. The maximum Gasteiger partial charge on any atom is 0.231 e. The number of fused-ring (bicyclic) bond motifs is 2. The summed E-state index contributed by atoms with van der Waals surface area (Å²) in [5, 5.41) is 0. The van der Waals surface area contributed by atoms with Crippen LogP contribution < -0.4 is 37.9 Å². The van der Waals surface area contributed by atoms with Crippen LogP contribution in [0.5, 0.6) is 46.0 Å². The van der Waals surface area contributed by atoms with Gasteiger partial charge in [0, 0.05) is 35.4 Å². The number of carbonyl (C=O) groups is 1. The fourth-order valence-corrected chi connectivity index (χ4v) is 4.71. The molecule has 2 aromatic carbocycles. The Balaban J connectivity index is 1.59. The summed E-state index contributed by atoms with van der Waals surface area (Å²) in [4.78, 5) is 15.9. The smallest absolute Gasteiger partial charge is 0.231 e. The number of likely N-dealkylation sites (tertiary alicyclic amines) is 1. The summed E-state index contributed by atoms with van der Waals surface area (Å²) in [5.41, 5.74) is 2.52. The molecule has 0 radical (unpaired) electrons. The van der Waals surface area contributed by atoms with Crippen molar-refractivity contribution < 1.29 is 42.7 Å². The highest BCUT2D eigenvalue weighted by Crippen LogP contribution is 2.51. The zero-order chi connectivity index (χ0) is 26.1. The Labute approximate surface area is 214 Å². The van der Waals surface area contributed by atoms with Crippen molar-refractivity contribution in [1.29, 1.82) is 0 Å². The average molecular weight is 512 g/mol. The Morgan fingerprint density at radius 3 is 1.54 bits per heavy atom. The standard InChI is InChI=1S/C27H29NO9/c1-6-28-11-17(7-15-9-19(30-2)24-26(22(15)32-4)36-13-34-24)21(29)18(12-28)8-16-10-20(31-3)25-27(23(16)33-5)37-14-35-25/h7-10H,6,11-14H2,1-5H3. The SMILES string of the molecule is CCN1CC(=Cc2cc(OC)c3c(c2OC)OCO3)C(=O)C(=Cc2cc(OC)c3c(c2OC)OCO3)C1. The maximum atomic E-state index is 13.8. The summed E-state index contributed by atoms with van der Waals surface area (Å²) in [6.45, 7) is 3.91. The third-order valence-electron chi connectivity index (χ3n) is 6.51. The van der Waals surface area contributed by atoms with Gasteiger partial charge in [0.15, 0.2) is 28.8 Å². The second kappa shape index (κ2) is 10.1. The molecule has 0 bridgehead atoms. The lowest BCUT2D eigenvalue weighted by Crippen LogP contribution is -2.37. The third kappa shape index (κ3) is 4.27. The van der Waals surface area contributed by atoms with Gasteiger partial charge in [0.1, 0.15) is 0 Å². The zero-order valence-corrected chi connectivity index (χ0v) is 21.5. The van der Waals surface area contributed by atoms with Crippen LogP contribution in [0.15, 0.2) is 23.3 Å². The predicted molar refractivity (Wildman–Crippen MR) is 134 cm³/mol. The molecule has 0 atom stereocenters. The van der Waals surface area contributed by atoms with Crippen molar-refractivity contribution in [3.8, 4) is 46.0 Å². The number of Topliss-reactive ketones (excluding diaryl/α,β-unsaturated/α-hetero) is 1. The van der Waals surface area contributed by atoms with E-state index in [9.17, 15) is 4.79 Å². The lowest BCUT2D eigenvalue weighted by molar-refractivity contribution is -0.113. The Hall–Kier alpha value is -4.05. The van der Waals surface area contributed by atoms with Gasteiger partial charge >= 0.3 is 0 Å². The number of nitrogens with zero attached hydrogens (tertiary/aromatic N) is 1. The molecule has 5 rings (SSSR count). The summed E-state index contributed by atoms with van der Waals surface area (Å²) in [6.07, 6.45) is 3.64. The second-order valence-corrected chi connectivity index (χ2v) is 8.50. The molecule has 0 aromatic heterocycles. The van der Waals surface area contributed by atoms with Gasteiger partial charge in [-0.2, -0.15) is 0 Å². The van der Waals surface area contributed by atoms with Gasteiger partial charge in [0.25, 0.3) is 0 Å². The summed E-state index contributed by atoms with van der Waals surface area (Å²) in [7, 11) is 6.22. The Bertz CT molecular complexity index is 1200. The molecular formula is C27H29NO9. The summed E-state index contributed by atoms with van der Waals surface area (Å²) >= 11 is 0. The largest absolute Gasteiger partial charge is 0.493 e. The highest BCUT2D eigenvalue weighted by Gasteiger charge is 2.31.